The normalized spacial score (nSPS) is 14.5. The summed E-state index contributed by atoms with van der Waals surface area (Å²) in [5.74, 6) is 1.32. The van der Waals surface area contributed by atoms with Crippen LogP contribution < -0.4 is 14.7 Å². The van der Waals surface area contributed by atoms with Gasteiger partial charge < -0.3 is 14.7 Å². The van der Waals surface area contributed by atoms with Crippen molar-refractivity contribution < 1.29 is 29.0 Å². The van der Waals surface area contributed by atoms with Gasteiger partial charge in [-0.3, -0.25) is 4.79 Å². The first-order chi connectivity index (χ1) is 24.9. The van der Waals surface area contributed by atoms with Gasteiger partial charge in [0.25, 0.3) is 0 Å². The minimum Gasteiger partial charge on any atom is -0.657 e. The molecule has 0 spiro atoms. The molecule has 2 aromatic carbocycles. The molecular weight excluding hydrogens is 706 g/mol. The van der Waals surface area contributed by atoms with Crippen molar-refractivity contribution in [3.8, 4) is 22.6 Å². The number of ether oxygens (including phenoxy) is 1. The second-order valence-corrected chi connectivity index (χ2v) is 14.9. The largest absolute Gasteiger partial charge is 2.00 e. The summed E-state index contributed by atoms with van der Waals surface area (Å²) in [6.07, 6.45) is 2.63. The van der Waals surface area contributed by atoms with Crippen LogP contribution >= 0.6 is 0 Å². The summed E-state index contributed by atoms with van der Waals surface area (Å²) >= 11 is 0. The van der Waals surface area contributed by atoms with E-state index in [1.807, 2.05) is 12.1 Å². The van der Waals surface area contributed by atoms with Crippen LogP contribution in [0.15, 0.2) is 54.6 Å². The SMILES string of the molecule is CCC1=C(C)c2cc3[n-]c(c(C)c3C)c(-c3cccc4c3Oc3c(C=O)cccc3C4(C)C)c3nc(cc4[n-]c(cc1n2)c(CC)c4C)C(C)=C3C.[Zn+2]. The molecule has 6 nitrogen and oxygen atoms in total. The van der Waals surface area contributed by atoms with Crippen LogP contribution in [0.4, 0.5) is 0 Å². The number of para-hydroxylation sites is 2. The molecule has 0 radical (unpaired) electrons. The Morgan fingerprint density at radius 1 is 0.698 bits per heavy atom. The first kappa shape index (κ1) is 36.5. The smallest absolute Gasteiger partial charge is 0.657 e. The van der Waals surface area contributed by atoms with Crippen molar-refractivity contribution >= 4 is 50.6 Å². The Bertz CT molecular complexity index is 2630. The van der Waals surface area contributed by atoms with E-state index in [4.69, 9.17) is 24.7 Å². The number of aldehydes is 1. The van der Waals surface area contributed by atoms with Gasteiger partial charge in [0.1, 0.15) is 11.5 Å². The monoisotopic (exact) mass is 748 g/mol. The minimum atomic E-state index is -0.425. The Hall–Kier alpha value is -4.87. The van der Waals surface area contributed by atoms with Gasteiger partial charge in [-0.1, -0.05) is 98.5 Å². The summed E-state index contributed by atoms with van der Waals surface area (Å²) in [6, 6.07) is 18.6. The Labute approximate surface area is 324 Å². The van der Waals surface area contributed by atoms with E-state index in [1.54, 1.807) is 0 Å². The third-order valence-electron chi connectivity index (χ3n) is 11.9. The van der Waals surface area contributed by atoms with Gasteiger partial charge in [0.15, 0.2) is 6.29 Å². The fourth-order valence-corrected chi connectivity index (χ4v) is 8.34. The summed E-state index contributed by atoms with van der Waals surface area (Å²) in [5.41, 5.74) is 20.4. The topological polar surface area (TPSA) is 80.3 Å². The van der Waals surface area contributed by atoms with Crippen LogP contribution in [0, 0.1) is 20.8 Å². The number of carbonyl (C=O) groups is 1. The predicted molar refractivity (Wildman–Crippen MR) is 213 cm³/mol. The summed E-state index contributed by atoms with van der Waals surface area (Å²) in [5, 5.41) is 0. The molecular formula is C46H44N4O2Zn. The fourth-order valence-electron chi connectivity index (χ4n) is 8.34. The summed E-state index contributed by atoms with van der Waals surface area (Å²) in [7, 11) is 0. The molecule has 6 heterocycles. The standard InChI is InChI=1S/C46H44N4O2.Zn/c1-11-30-27(7)37-19-35-23(3)25(5)42(49-35)41(32-16-14-18-34-45(32)52-44-29(22-51)15-13-17-33(44)46(34,9)10)43-26(6)24(4)36(50-43)20-38-28(8)31(12-2)40(48-38)21-39(30)47-37;/h13-22H,11-12H2,1-10H3;/q-2;+2. The average molecular weight is 750 g/mol. The summed E-state index contributed by atoms with van der Waals surface area (Å²) in [4.78, 5) is 33.6. The number of benzene rings is 2. The maximum absolute atomic E-state index is 12.3. The first-order valence-corrected chi connectivity index (χ1v) is 18.3. The number of hydrogen-bond donors (Lipinski definition) is 0. The van der Waals surface area contributed by atoms with Crippen molar-refractivity contribution in [2.24, 2.45) is 0 Å². The van der Waals surface area contributed by atoms with Crippen molar-refractivity contribution in [2.75, 3.05) is 0 Å². The molecule has 0 saturated carbocycles. The zero-order chi connectivity index (χ0) is 36.8. The molecule has 3 aromatic heterocycles. The molecule has 0 atom stereocenters. The van der Waals surface area contributed by atoms with Gasteiger partial charge in [-0.2, -0.15) is 0 Å². The summed E-state index contributed by atoms with van der Waals surface area (Å²) in [6.45, 7) is 21.7. The molecule has 0 saturated heterocycles. The molecule has 53 heavy (non-hydrogen) atoms. The number of allylic oxidation sites excluding steroid dienone is 4. The Morgan fingerprint density at radius 2 is 1.34 bits per heavy atom. The molecule has 0 unspecified atom stereocenters. The minimum absolute atomic E-state index is 0. The van der Waals surface area contributed by atoms with Crippen LogP contribution in [0.5, 0.6) is 11.5 Å². The Kier molecular flexibility index (Phi) is 9.10. The molecule has 262 valence electrons. The maximum Gasteiger partial charge on any atom is 2.00 e. The number of aromatic nitrogens is 4. The second kappa shape index (κ2) is 13.2. The van der Waals surface area contributed by atoms with E-state index in [0.717, 1.165) is 114 Å². The van der Waals surface area contributed by atoms with E-state index in [2.05, 4.69) is 112 Å². The maximum atomic E-state index is 12.3. The molecule has 8 bridgehead atoms. The number of rotatable bonds is 4. The quantitative estimate of drug-likeness (QED) is 0.134. The van der Waals surface area contributed by atoms with Crippen molar-refractivity contribution in [3.63, 3.8) is 0 Å². The van der Waals surface area contributed by atoms with Crippen LogP contribution in [-0.2, 0) is 31.3 Å². The molecule has 0 amide bonds. The van der Waals surface area contributed by atoms with E-state index in [0.29, 0.717) is 11.3 Å². The molecule has 5 aromatic rings. The number of aryl methyl sites for hydroxylation is 4. The molecule has 0 aliphatic carbocycles. The molecule has 0 fully saturated rings. The van der Waals surface area contributed by atoms with E-state index in [1.165, 1.54) is 22.3 Å². The van der Waals surface area contributed by atoms with Crippen molar-refractivity contribution in [1.82, 2.24) is 19.9 Å². The van der Waals surface area contributed by atoms with Crippen LogP contribution in [0.1, 0.15) is 121 Å². The zero-order valence-electron chi connectivity index (χ0n) is 32.5. The van der Waals surface area contributed by atoms with Gasteiger partial charge in [-0.15, -0.1) is 22.1 Å². The predicted octanol–water partition coefficient (Wildman–Crippen LogP) is 11.3. The van der Waals surface area contributed by atoms with E-state index in [9.17, 15) is 4.79 Å². The van der Waals surface area contributed by atoms with Crippen LogP contribution in [0.3, 0.4) is 0 Å². The van der Waals surface area contributed by atoms with Gasteiger partial charge >= 0.3 is 19.5 Å². The van der Waals surface area contributed by atoms with E-state index >= 15 is 0 Å². The van der Waals surface area contributed by atoms with Crippen LogP contribution in [0.2, 0.25) is 0 Å². The van der Waals surface area contributed by atoms with Gasteiger partial charge in [-0.05, 0) is 88.3 Å². The Morgan fingerprint density at radius 3 is 2.02 bits per heavy atom. The van der Waals surface area contributed by atoms with Gasteiger partial charge in [0, 0.05) is 22.1 Å². The van der Waals surface area contributed by atoms with E-state index in [-0.39, 0.29) is 19.5 Å². The fraction of sp³-hybridized carbons (Fsp3) is 0.283. The van der Waals surface area contributed by atoms with Crippen LogP contribution in [-0.4, -0.2) is 16.3 Å². The first-order valence-electron chi connectivity index (χ1n) is 18.3. The number of nitrogens with zero attached hydrogens (tertiary/aromatic N) is 4. The molecule has 3 aliphatic heterocycles. The second-order valence-electron chi connectivity index (χ2n) is 14.9. The third-order valence-corrected chi connectivity index (χ3v) is 11.9. The molecule has 3 aliphatic rings. The van der Waals surface area contributed by atoms with Crippen molar-refractivity contribution in [1.29, 1.82) is 0 Å². The summed E-state index contributed by atoms with van der Waals surface area (Å²) < 4.78 is 6.87. The van der Waals surface area contributed by atoms with Crippen molar-refractivity contribution in [2.45, 2.75) is 87.5 Å². The van der Waals surface area contributed by atoms with Crippen LogP contribution in [0.25, 0.3) is 55.5 Å². The third kappa shape index (κ3) is 5.42. The van der Waals surface area contributed by atoms with Gasteiger partial charge in [0.05, 0.1) is 28.3 Å². The molecule has 7 heteroatoms. The number of fused-ring (bicyclic) bond motifs is 10. The van der Waals surface area contributed by atoms with E-state index < -0.39 is 5.41 Å². The number of carbonyl (C=O) groups excluding carboxylic acids is 1. The molecule has 8 rings (SSSR count). The van der Waals surface area contributed by atoms with Gasteiger partial charge in [-0.25, -0.2) is 9.97 Å². The van der Waals surface area contributed by atoms with Crippen molar-refractivity contribution in [3.05, 3.63) is 116 Å². The number of hydrogen-bond acceptors (Lipinski definition) is 4. The average Bonchev–Trinajstić information content (AvgIpc) is 3.78. The van der Waals surface area contributed by atoms with Gasteiger partial charge in [0.2, 0.25) is 0 Å². The Balaban J connectivity index is 0.00000435. The zero-order valence-corrected chi connectivity index (χ0v) is 35.5. The molecule has 0 N–H and O–H groups in total.